The molecule has 1 aromatic carbocycles. The van der Waals surface area contributed by atoms with Gasteiger partial charge in [0.2, 0.25) is 10.0 Å². The highest BCUT2D eigenvalue weighted by Gasteiger charge is 2.25. The molecule has 0 aliphatic heterocycles. The second-order valence-electron chi connectivity index (χ2n) is 4.27. The number of nitrogens with two attached hydrogens (primary N) is 1. The van der Waals surface area contributed by atoms with E-state index in [1.54, 1.807) is 12.1 Å². The Balaban J connectivity index is 2.35. The van der Waals surface area contributed by atoms with Gasteiger partial charge >= 0.3 is 0 Å². The summed E-state index contributed by atoms with van der Waals surface area (Å²) in [4.78, 5) is -0.163. The number of nitrogen functional groups attached to an aromatic ring is 1. The summed E-state index contributed by atoms with van der Waals surface area (Å²) in [5, 5.41) is 0. The number of benzene rings is 1. The number of rotatable bonds is 4. The third-order valence-electron chi connectivity index (χ3n) is 2.75. The van der Waals surface area contributed by atoms with Gasteiger partial charge in [-0.05, 0) is 56.1 Å². The molecule has 0 saturated carbocycles. The normalized spacial score (nSPS) is 12.0. The molecule has 0 atom stereocenters. The average molecular weight is 442 g/mol. The molecule has 1 heterocycles. The Bertz CT molecular complexity index is 777. The number of nitrogens with zero attached hydrogens (tertiary/aromatic N) is 1. The van der Waals surface area contributed by atoms with E-state index in [2.05, 4.69) is 31.9 Å². The Morgan fingerprint density at radius 3 is 2.57 bits per heavy atom. The number of hydrogen-bond acceptors (Lipinski definition) is 4. The van der Waals surface area contributed by atoms with Gasteiger partial charge in [-0.3, -0.25) is 0 Å². The van der Waals surface area contributed by atoms with Crippen molar-refractivity contribution in [3.8, 4) is 0 Å². The summed E-state index contributed by atoms with van der Waals surface area (Å²) in [5.74, 6) is -0.156. The maximum atomic E-state index is 13.3. The third kappa shape index (κ3) is 3.47. The fourth-order valence-electron chi connectivity index (χ4n) is 1.68. The number of halogens is 3. The van der Waals surface area contributed by atoms with Crippen LogP contribution < -0.4 is 5.73 Å². The highest BCUT2D eigenvalue weighted by Crippen LogP contribution is 2.29. The Kier molecular flexibility index (Phi) is 4.76. The van der Waals surface area contributed by atoms with Crippen molar-refractivity contribution < 1.29 is 17.2 Å². The van der Waals surface area contributed by atoms with Crippen molar-refractivity contribution in [2.75, 3.05) is 12.8 Å². The highest BCUT2D eigenvalue weighted by atomic mass is 79.9. The van der Waals surface area contributed by atoms with Crippen LogP contribution in [-0.4, -0.2) is 19.8 Å². The Morgan fingerprint density at radius 2 is 2.00 bits per heavy atom. The predicted octanol–water partition coefficient (Wildman–Crippen LogP) is 3.35. The molecule has 0 amide bonds. The summed E-state index contributed by atoms with van der Waals surface area (Å²) in [6, 6.07) is 5.43. The molecule has 2 rings (SSSR count). The molecule has 2 aromatic rings. The van der Waals surface area contributed by atoms with E-state index in [9.17, 15) is 12.8 Å². The lowest BCUT2D eigenvalue weighted by atomic mass is 10.3. The van der Waals surface area contributed by atoms with E-state index in [4.69, 9.17) is 10.2 Å². The van der Waals surface area contributed by atoms with Crippen LogP contribution in [0.5, 0.6) is 0 Å². The Morgan fingerprint density at radius 1 is 1.33 bits per heavy atom. The fourth-order valence-corrected chi connectivity index (χ4v) is 3.77. The van der Waals surface area contributed by atoms with Crippen molar-refractivity contribution in [2.24, 2.45) is 0 Å². The quantitative estimate of drug-likeness (QED) is 0.738. The minimum absolute atomic E-state index is 0.0301. The van der Waals surface area contributed by atoms with Crippen LogP contribution >= 0.6 is 31.9 Å². The number of hydrogen-bond donors (Lipinski definition) is 1. The van der Waals surface area contributed by atoms with Crippen molar-refractivity contribution in [1.82, 2.24) is 4.31 Å². The largest absolute Gasteiger partial charge is 0.453 e. The van der Waals surface area contributed by atoms with Gasteiger partial charge in [0.25, 0.3) is 0 Å². The van der Waals surface area contributed by atoms with Crippen LogP contribution in [0.2, 0.25) is 0 Å². The highest BCUT2D eigenvalue weighted by molar-refractivity contribution is 9.10. The molecule has 0 saturated heterocycles. The molecular weight excluding hydrogens is 431 g/mol. The van der Waals surface area contributed by atoms with Crippen LogP contribution in [-0.2, 0) is 16.6 Å². The molecule has 5 nitrogen and oxygen atoms in total. The lowest BCUT2D eigenvalue weighted by Crippen LogP contribution is -2.27. The van der Waals surface area contributed by atoms with Crippen LogP contribution in [0.15, 0.2) is 42.7 Å². The van der Waals surface area contributed by atoms with E-state index in [1.165, 1.54) is 7.05 Å². The molecule has 9 heteroatoms. The first kappa shape index (κ1) is 16.5. The van der Waals surface area contributed by atoms with Crippen LogP contribution in [0.1, 0.15) is 5.76 Å². The van der Waals surface area contributed by atoms with E-state index in [0.29, 0.717) is 10.4 Å². The fraction of sp³-hybridized carbons (Fsp3) is 0.167. The van der Waals surface area contributed by atoms with Gasteiger partial charge in [-0.2, -0.15) is 4.31 Å². The second-order valence-corrected chi connectivity index (χ2v) is 7.92. The van der Waals surface area contributed by atoms with Crippen LogP contribution in [0.25, 0.3) is 0 Å². The SMILES string of the molecule is CN(Cc1ccc(Br)o1)S(=O)(=O)c1cc(Br)c(F)cc1N. The number of sulfonamides is 1. The number of furan rings is 1. The first-order valence-electron chi connectivity index (χ1n) is 5.67. The lowest BCUT2D eigenvalue weighted by molar-refractivity contribution is 0.398. The van der Waals surface area contributed by atoms with Gasteiger partial charge in [-0.25, -0.2) is 12.8 Å². The average Bonchev–Trinajstić information content (AvgIpc) is 2.79. The molecule has 21 heavy (non-hydrogen) atoms. The molecule has 0 fully saturated rings. The standard InChI is InChI=1S/C12H11Br2FN2O3S/c1-17(6-7-2-3-12(14)20-7)21(18,19)11-4-8(13)9(15)5-10(11)16/h2-5H,6,16H2,1H3. The summed E-state index contributed by atoms with van der Waals surface area (Å²) >= 11 is 6.10. The first-order valence-corrected chi connectivity index (χ1v) is 8.69. The molecule has 0 spiro atoms. The van der Waals surface area contributed by atoms with E-state index >= 15 is 0 Å². The molecule has 1 aromatic heterocycles. The third-order valence-corrected chi connectivity index (χ3v) is 5.64. The maximum absolute atomic E-state index is 13.3. The Hall–Kier alpha value is -0.900. The predicted molar refractivity (Wildman–Crippen MR) is 83.6 cm³/mol. The zero-order valence-corrected chi connectivity index (χ0v) is 14.8. The Labute approximate surface area is 138 Å². The van der Waals surface area contributed by atoms with Gasteiger partial charge in [0.05, 0.1) is 16.7 Å². The zero-order chi connectivity index (χ0) is 15.8. The lowest BCUT2D eigenvalue weighted by Gasteiger charge is -2.17. The van der Waals surface area contributed by atoms with Gasteiger partial charge in [-0.1, -0.05) is 0 Å². The smallest absolute Gasteiger partial charge is 0.245 e. The van der Waals surface area contributed by atoms with E-state index in [0.717, 1.165) is 16.4 Å². The molecule has 0 radical (unpaired) electrons. The van der Waals surface area contributed by atoms with Crippen LogP contribution in [0.3, 0.4) is 0 Å². The van der Waals surface area contributed by atoms with E-state index < -0.39 is 15.8 Å². The van der Waals surface area contributed by atoms with Crippen molar-refractivity contribution in [3.63, 3.8) is 0 Å². The summed E-state index contributed by atoms with van der Waals surface area (Å²) < 4.78 is 45.2. The molecule has 0 bridgehead atoms. The van der Waals surface area contributed by atoms with Gasteiger partial charge in [0.15, 0.2) is 4.67 Å². The van der Waals surface area contributed by atoms with Crippen molar-refractivity contribution in [2.45, 2.75) is 11.4 Å². The first-order chi connectivity index (χ1) is 9.71. The maximum Gasteiger partial charge on any atom is 0.245 e. The molecule has 0 aliphatic rings. The van der Waals surface area contributed by atoms with Crippen molar-refractivity contribution >= 4 is 47.6 Å². The van der Waals surface area contributed by atoms with Gasteiger partial charge < -0.3 is 10.2 Å². The topological polar surface area (TPSA) is 76.5 Å². The molecule has 114 valence electrons. The summed E-state index contributed by atoms with van der Waals surface area (Å²) in [6.07, 6.45) is 0. The number of anilines is 1. The van der Waals surface area contributed by atoms with E-state index in [-0.39, 0.29) is 21.6 Å². The van der Waals surface area contributed by atoms with Gasteiger partial charge in [-0.15, -0.1) is 0 Å². The van der Waals surface area contributed by atoms with Crippen LogP contribution in [0, 0.1) is 5.82 Å². The summed E-state index contributed by atoms with van der Waals surface area (Å²) in [7, 11) is -2.47. The van der Waals surface area contributed by atoms with Crippen LogP contribution in [0.4, 0.5) is 10.1 Å². The van der Waals surface area contributed by atoms with Crippen molar-refractivity contribution in [3.05, 3.63) is 45.0 Å². The molecule has 0 unspecified atom stereocenters. The molecule has 2 N–H and O–H groups in total. The second kappa shape index (κ2) is 6.07. The summed E-state index contributed by atoms with van der Waals surface area (Å²) in [6.45, 7) is 0.0301. The van der Waals surface area contributed by atoms with E-state index in [1.807, 2.05) is 0 Å². The minimum Gasteiger partial charge on any atom is -0.453 e. The van der Waals surface area contributed by atoms with Gasteiger partial charge in [0.1, 0.15) is 16.5 Å². The molecule has 0 aliphatic carbocycles. The minimum atomic E-state index is -3.86. The summed E-state index contributed by atoms with van der Waals surface area (Å²) in [5.41, 5.74) is 5.46. The monoisotopic (exact) mass is 440 g/mol. The zero-order valence-electron chi connectivity index (χ0n) is 10.8. The molecular formula is C12H11Br2FN2O3S. The van der Waals surface area contributed by atoms with Crippen molar-refractivity contribution in [1.29, 1.82) is 0 Å². The van der Waals surface area contributed by atoms with Gasteiger partial charge in [0, 0.05) is 7.05 Å².